The summed E-state index contributed by atoms with van der Waals surface area (Å²) in [6, 6.07) is 16.8. The van der Waals surface area contributed by atoms with Crippen molar-refractivity contribution in [1.29, 1.82) is 0 Å². The number of methoxy groups -OCH3 is 3. The van der Waals surface area contributed by atoms with Gasteiger partial charge in [-0.2, -0.15) is 0 Å². The van der Waals surface area contributed by atoms with E-state index < -0.39 is 0 Å². The Labute approximate surface area is 190 Å². The number of fused-ring (bicyclic) bond motifs is 1. The number of rotatable bonds is 8. The summed E-state index contributed by atoms with van der Waals surface area (Å²) in [6.45, 7) is 0.306. The van der Waals surface area contributed by atoms with Crippen LogP contribution in [0, 0.1) is 0 Å². The van der Waals surface area contributed by atoms with Gasteiger partial charge in [0.25, 0.3) is 0 Å². The predicted octanol–water partition coefficient (Wildman–Crippen LogP) is 4.49. The number of hydrogen-bond acceptors (Lipinski definition) is 7. The van der Waals surface area contributed by atoms with Gasteiger partial charge in [0.1, 0.15) is 27.5 Å². The molecule has 164 valence electrons. The lowest BCUT2D eigenvalue weighted by molar-refractivity contribution is -0.118. The number of carbonyl (C=O) groups is 1. The number of hydrogen-bond donors (Lipinski definition) is 0. The highest BCUT2D eigenvalue weighted by molar-refractivity contribution is 7.22. The summed E-state index contributed by atoms with van der Waals surface area (Å²) in [5.74, 6) is 1.98. The molecule has 7 nitrogen and oxygen atoms in total. The number of ether oxygens (including phenoxy) is 3. The Kier molecular flexibility index (Phi) is 6.51. The highest BCUT2D eigenvalue weighted by Gasteiger charge is 2.23. The fourth-order valence-corrected chi connectivity index (χ4v) is 4.41. The highest BCUT2D eigenvalue weighted by Crippen LogP contribution is 2.40. The van der Waals surface area contributed by atoms with Gasteiger partial charge >= 0.3 is 0 Å². The van der Waals surface area contributed by atoms with Crippen molar-refractivity contribution in [3.8, 4) is 17.2 Å². The maximum absolute atomic E-state index is 13.4. The molecular formula is C24H23N3O4S. The zero-order valence-electron chi connectivity index (χ0n) is 18.1. The Hall–Kier alpha value is -3.65. The quantitative estimate of drug-likeness (QED) is 0.395. The van der Waals surface area contributed by atoms with Crippen LogP contribution in [0.25, 0.3) is 10.2 Å². The first-order valence-corrected chi connectivity index (χ1v) is 10.8. The second-order valence-corrected chi connectivity index (χ2v) is 7.95. The Morgan fingerprint density at radius 3 is 2.34 bits per heavy atom. The summed E-state index contributed by atoms with van der Waals surface area (Å²) in [6.07, 6.45) is 1.94. The Morgan fingerprint density at radius 2 is 1.69 bits per heavy atom. The lowest BCUT2D eigenvalue weighted by atomic mass is 10.1. The molecule has 2 aromatic carbocycles. The van der Waals surface area contributed by atoms with E-state index in [-0.39, 0.29) is 12.3 Å². The minimum atomic E-state index is -0.0854. The molecule has 4 rings (SSSR count). The summed E-state index contributed by atoms with van der Waals surface area (Å²) >= 11 is 1.39. The van der Waals surface area contributed by atoms with Gasteiger partial charge in [-0.05, 0) is 42.0 Å². The second-order valence-electron chi connectivity index (χ2n) is 6.97. The first-order valence-electron chi connectivity index (χ1n) is 9.97. The van der Waals surface area contributed by atoms with Crippen molar-refractivity contribution in [1.82, 2.24) is 9.97 Å². The van der Waals surface area contributed by atoms with Crippen LogP contribution in [0.4, 0.5) is 5.13 Å². The largest absolute Gasteiger partial charge is 0.497 e. The lowest BCUT2D eigenvalue weighted by Crippen LogP contribution is -2.32. The molecule has 0 radical (unpaired) electrons. The molecule has 0 unspecified atom stereocenters. The number of carbonyl (C=O) groups excluding carboxylic acids is 1. The molecular weight excluding hydrogens is 426 g/mol. The van der Waals surface area contributed by atoms with Gasteiger partial charge in [0.2, 0.25) is 5.91 Å². The van der Waals surface area contributed by atoms with Crippen molar-refractivity contribution < 1.29 is 19.0 Å². The van der Waals surface area contributed by atoms with Crippen molar-refractivity contribution >= 4 is 32.6 Å². The van der Waals surface area contributed by atoms with Crippen LogP contribution in [0.2, 0.25) is 0 Å². The molecule has 8 heteroatoms. The molecule has 2 aromatic heterocycles. The Morgan fingerprint density at radius 1 is 0.938 bits per heavy atom. The molecule has 0 N–H and O–H groups in total. The minimum absolute atomic E-state index is 0.0854. The normalized spacial score (nSPS) is 10.7. The molecule has 0 aliphatic heterocycles. The van der Waals surface area contributed by atoms with Crippen LogP contribution in [-0.2, 0) is 17.8 Å². The maximum Gasteiger partial charge on any atom is 0.233 e. The molecule has 0 bridgehead atoms. The number of nitrogens with zero attached hydrogens (tertiary/aromatic N) is 3. The van der Waals surface area contributed by atoms with Crippen LogP contribution in [0.5, 0.6) is 17.2 Å². The van der Waals surface area contributed by atoms with Gasteiger partial charge < -0.3 is 14.2 Å². The number of aromatic nitrogens is 2. The molecule has 0 spiro atoms. The Bertz CT molecular complexity index is 1170. The third-order valence-electron chi connectivity index (χ3n) is 4.99. The zero-order valence-corrected chi connectivity index (χ0v) is 18.9. The van der Waals surface area contributed by atoms with E-state index in [4.69, 9.17) is 19.2 Å². The van der Waals surface area contributed by atoms with Gasteiger partial charge in [-0.25, -0.2) is 4.98 Å². The molecule has 2 heterocycles. The lowest BCUT2D eigenvalue weighted by Gasteiger charge is -2.19. The van der Waals surface area contributed by atoms with E-state index in [0.29, 0.717) is 28.7 Å². The summed E-state index contributed by atoms with van der Waals surface area (Å²) in [5, 5.41) is 0.562. The molecule has 0 aliphatic rings. The number of pyridine rings is 1. The standard InChI is InChI=1S/C24H23N3O4S/c1-29-18-9-7-16(8-10-18)14-21(28)27(15-17-6-4-5-13-25-17)24-26-22-19(30-2)11-12-20(31-3)23(22)32-24/h4-13H,14-15H2,1-3H3. The summed E-state index contributed by atoms with van der Waals surface area (Å²) in [7, 11) is 4.83. The van der Waals surface area contributed by atoms with Crippen molar-refractivity contribution in [2.75, 3.05) is 26.2 Å². The van der Waals surface area contributed by atoms with Crippen LogP contribution >= 0.6 is 11.3 Å². The first-order chi connectivity index (χ1) is 15.6. The van der Waals surface area contributed by atoms with Gasteiger partial charge in [0, 0.05) is 6.20 Å². The van der Waals surface area contributed by atoms with E-state index in [9.17, 15) is 4.79 Å². The molecule has 0 fully saturated rings. The van der Waals surface area contributed by atoms with E-state index in [1.54, 1.807) is 32.4 Å². The van der Waals surface area contributed by atoms with Gasteiger partial charge in [-0.1, -0.05) is 29.5 Å². The number of amides is 1. The molecule has 0 saturated carbocycles. The number of anilines is 1. The monoisotopic (exact) mass is 449 g/mol. The number of thiazole rings is 1. The predicted molar refractivity (Wildman–Crippen MR) is 125 cm³/mol. The van der Waals surface area contributed by atoms with E-state index in [2.05, 4.69) is 4.98 Å². The van der Waals surface area contributed by atoms with Gasteiger partial charge in [-0.15, -0.1) is 0 Å². The smallest absolute Gasteiger partial charge is 0.233 e. The zero-order chi connectivity index (χ0) is 22.5. The fraction of sp³-hybridized carbons (Fsp3) is 0.208. The van der Waals surface area contributed by atoms with Crippen LogP contribution < -0.4 is 19.1 Å². The van der Waals surface area contributed by atoms with Crippen molar-refractivity contribution in [2.24, 2.45) is 0 Å². The van der Waals surface area contributed by atoms with Crippen molar-refractivity contribution in [3.63, 3.8) is 0 Å². The van der Waals surface area contributed by atoms with Gasteiger partial charge in [-0.3, -0.25) is 14.7 Å². The average Bonchev–Trinajstić information content (AvgIpc) is 3.28. The summed E-state index contributed by atoms with van der Waals surface area (Å²) in [5.41, 5.74) is 2.32. The first kappa shape index (κ1) is 21.6. The topological polar surface area (TPSA) is 73.8 Å². The third-order valence-corrected chi connectivity index (χ3v) is 6.08. The van der Waals surface area contributed by atoms with E-state index in [1.165, 1.54) is 11.3 Å². The Balaban J connectivity index is 1.72. The third kappa shape index (κ3) is 4.50. The fourth-order valence-electron chi connectivity index (χ4n) is 3.32. The molecule has 1 amide bonds. The summed E-state index contributed by atoms with van der Waals surface area (Å²) in [4.78, 5) is 24.2. The van der Waals surface area contributed by atoms with Crippen molar-refractivity contribution in [2.45, 2.75) is 13.0 Å². The average molecular weight is 450 g/mol. The minimum Gasteiger partial charge on any atom is -0.497 e. The highest BCUT2D eigenvalue weighted by atomic mass is 32.1. The van der Waals surface area contributed by atoms with Crippen molar-refractivity contribution in [3.05, 3.63) is 72.1 Å². The molecule has 0 saturated heterocycles. The molecule has 4 aromatic rings. The number of benzene rings is 2. The molecule has 0 atom stereocenters. The van der Waals surface area contributed by atoms with Crippen LogP contribution in [0.15, 0.2) is 60.8 Å². The van der Waals surface area contributed by atoms with E-state index >= 15 is 0 Å². The van der Waals surface area contributed by atoms with Crippen LogP contribution in [0.1, 0.15) is 11.3 Å². The van der Waals surface area contributed by atoms with Gasteiger partial charge in [0.15, 0.2) is 5.13 Å². The SMILES string of the molecule is COc1ccc(CC(=O)N(Cc2ccccn2)c2nc3c(OC)ccc(OC)c3s2)cc1. The molecule has 32 heavy (non-hydrogen) atoms. The molecule has 0 aliphatic carbocycles. The second kappa shape index (κ2) is 9.65. The van der Waals surface area contributed by atoms with Crippen LogP contribution in [-0.4, -0.2) is 37.2 Å². The van der Waals surface area contributed by atoms with E-state index in [0.717, 1.165) is 21.7 Å². The van der Waals surface area contributed by atoms with Gasteiger partial charge in [0.05, 0.1) is 40.0 Å². The van der Waals surface area contributed by atoms with E-state index in [1.807, 2.05) is 54.6 Å². The summed E-state index contributed by atoms with van der Waals surface area (Å²) < 4.78 is 17.0. The van der Waals surface area contributed by atoms with Crippen LogP contribution in [0.3, 0.4) is 0 Å². The maximum atomic E-state index is 13.4.